The van der Waals surface area contributed by atoms with Crippen molar-refractivity contribution in [2.75, 3.05) is 6.54 Å². The van der Waals surface area contributed by atoms with E-state index in [1.54, 1.807) is 6.26 Å². The molecule has 1 aromatic heterocycles. The predicted molar refractivity (Wildman–Crippen MR) is 44.6 cm³/mol. The predicted octanol–water partition coefficient (Wildman–Crippen LogP) is 0.235. The van der Waals surface area contributed by atoms with E-state index in [0.717, 1.165) is 17.7 Å². The summed E-state index contributed by atoms with van der Waals surface area (Å²) in [4.78, 5) is 0. The van der Waals surface area contributed by atoms with Crippen LogP contribution in [0.5, 0.6) is 0 Å². The van der Waals surface area contributed by atoms with E-state index in [9.17, 15) is 5.11 Å². The van der Waals surface area contributed by atoms with E-state index >= 15 is 0 Å². The quantitative estimate of drug-likeness (QED) is 0.678. The number of hydrogen-bond acceptors (Lipinski definition) is 4. The Bertz CT molecular complexity index is 235. The lowest BCUT2D eigenvalue weighted by Gasteiger charge is -2.04. The van der Waals surface area contributed by atoms with Gasteiger partial charge in [-0.3, -0.25) is 0 Å². The lowest BCUT2D eigenvalue weighted by Crippen LogP contribution is -2.20. The smallest absolute Gasteiger partial charge is 0.127 e. The Labute approximate surface area is 71.4 Å². The van der Waals surface area contributed by atoms with E-state index in [4.69, 9.17) is 10.3 Å². The van der Waals surface area contributed by atoms with Crippen LogP contribution in [-0.4, -0.2) is 22.9 Å². The Morgan fingerprint density at radius 1 is 1.75 bits per heavy atom. The molecular weight excluding hydrogens is 156 g/mol. The summed E-state index contributed by atoms with van der Waals surface area (Å²) in [5, 5.41) is 12.9. The number of aliphatic hydroxyl groups is 1. The third kappa shape index (κ3) is 2.32. The Balaban J connectivity index is 2.38. The molecule has 0 amide bonds. The summed E-state index contributed by atoms with van der Waals surface area (Å²) in [7, 11) is 0. The topological polar surface area (TPSA) is 72.3 Å². The van der Waals surface area contributed by atoms with Crippen LogP contribution in [0, 0.1) is 6.92 Å². The van der Waals surface area contributed by atoms with Gasteiger partial charge >= 0.3 is 0 Å². The van der Waals surface area contributed by atoms with Gasteiger partial charge in [0.2, 0.25) is 0 Å². The summed E-state index contributed by atoms with van der Waals surface area (Å²) in [6.45, 7) is 2.19. The number of rotatable bonds is 4. The van der Waals surface area contributed by atoms with Crippen molar-refractivity contribution in [3.8, 4) is 0 Å². The SMILES string of the molecule is Cc1nocc1CCC(O)CN. The van der Waals surface area contributed by atoms with Gasteiger partial charge in [0.15, 0.2) is 0 Å². The molecule has 0 aliphatic heterocycles. The van der Waals surface area contributed by atoms with Gasteiger partial charge in [0, 0.05) is 12.1 Å². The third-order valence-corrected chi connectivity index (χ3v) is 1.87. The van der Waals surface area contributed by atoms with Crippen molar-refractivity contribution in [2.45, 2.75) is 25.9 Å². The molecule has 0 aliphatic rings. The Hall–Kier alpha value is -0.870. The highest BCUT2D eigenvalue weighted by Gasteiger charge is 2.05. The zero-order chi connectivity index (χ0) is 8.97. The van der Waals surface area contributed by atoms with Gasteiger partial charge in [0.1, 0.15) is 6.26 Å². The summed E-state index contributed by atoms with van der Waals surface area (Å²) in [5.41, 5.74) is 7.19. The van der Waals surface area contributed by atoms with Crippen molar-refractivity contribution >= 4 is 0 Å². The van der Waals surface area contributed by atoms with Gasteiger partial charge < -0.3 is 15.4 Å². The molecule has 68 valence electrons. The van der Waals surface area contributed by atoms with Crippen LogP contribution in [0.15, 0.2) is 10.8 Å². The third-order valence-electron chi connectivity index (χ3n) is 1.87. The molecule has 0 saturated heterocycles. The van der Waals surface area contributed by atoms with Crippen LogP contribution < -0.4 is 5.73 Å². The van der Waals surface area contributed by atoms with E-state index < -0.39 is 6.10 Å². The van der Waals surface area contributed by atoms with E-state index in [-0.39, 0.29) is 0 Å². The highest BCUT2D eigenvalue weighted by molar-refractivity contribution is 5.12. The van der Waals surface area contributed by atoms with Gasteiger partial charge in [-0.1, -0.05) is 5.16 Å². The molecule has 1 heterocycles. The fraction of sp³-hybridized carbons (Fsp3) is 0.625. The number of aromatic nitrogens is 1. The molecule has 0 spiro atoms. The fourth-order valence-corrected chi connectivity index (χ4v) is 0.993. The maximum absolute atomic E-state index is 9.17. The van der Waals surface area contributed by atoms with Gasteiger partial charge in [-0.2, -0.15) is 0 Å². The maximum atomic E-state index is 9.17. The van der Waals surface area contributed by atoms with Gasteiger partial charge in [0.25, 0.3) is 0 Å². The molecule has 1 rings (SSSR count). The zero-order valence-electron chi connectivity index (χ0n) is 7.16. The first-order valence-electron chi connectivity index (χ1n) is 4.02. The molecule has 3 N–H and O–H groups in total. The molecule has 0 aliphatic carbocycles. The second-order valence-corrected chi connectivity index (χ2v) is 2.85. The second kappa shape index (κ2) is 4.23. The van der Waals surface area contributed by atoms with Crippen LogP contribution in [0.25, 0.3) is 0 Å². The van der Waals surface area contributed by atoms with Gasteiger partial charge in [0.05, 0.1) is 11.8 Å². The van der Waals surface area contributed by atoms with E-state index in [0.29, 0.717) is 13.0 Å². The Kier molecular flexibility index (Phi) is 3.25. The summed E-state index contributed by atoms with van der Waals surface area (Å²) >= 11 is 0. The van der Waals surface area contributed by atoms with Crippen LogP contribution >= 0.6 is 0 Å². The molecule has 12 heavy (non-hydrogen) atoms. The molecule has 1 atom stereocenters. The van der Waals surface area contributed by atoms with Gasteiger partial charge in [-0.15, -0.1) is 0 Å². The molecule has 4 nitrogen and oxygen atoms in total. The number of aryl methyl sites for hydroxylation is 2. The first kappa shape index (κ1) is 9.22. The molecule has 0 saturated carbocycles. The average molecular weight is 170 g/mol. The van der Waals surface area contributed by atoms with Crippen LogP contribution in [0.3, 0.4) is 0 Å². The normalized spacial score (nSPS) is 13.2. The molecule has 1 unspecified atom stereocenters. The monoisotopic (exact) mass is 170 g/mol. The largest absolute Gasteiger partial charge is 0.392 e. The molecule has 0 bridgehead atoms. The molecule has 0 aromatic carbocycles. The highest BCUT2D eigenvalue weighted by Crippen LogP contribution is 2.08. The summed E-state index contributed by atoms with van der Waals surface area (Å²) in [6, 6.07) is 0. The molecule has 4 heteroatoms. The van der Waals surface area contributed by atoms with Crippen molar-refractivity contribution in [1.82, 2.24) is 5.16 Å². The second-order valence-electron chi connectivity index (χ2n) is 2.85. The number of aliphatic hydroxyl groups excluding tert-OH is 1. The van der Waals surface area contributed by atoms with Crippen molar-refractivity contribution < 1.29 is 9.63 Å². The lowest BCUT2D eigenvalue weighted by molar-refractivity contribution is 0.173. The fourth-order valence-electron chi connectivity index (χ4n) is 0.993. The molecule has 1 aromatic rings. The van der Waals surface area contributed by atoms with Gasteiger partial charge in [-0.25, -0.2) is 0 Å². The first-order valence-corrected chi connectivity index (χ1v) is 4.02. The van der Waals surface area contributed by atoms with E-state index in [2.05, 4.69) is 5.16 Å². The minimum Gasteiger partial charge on any atom is -0.392 e. The van der Waals surface area contributed by atoms with Crippen molar-refractivity contribution in [2.24, 2.45) is 5.73 Å². The minimum absolute atomic E-state index is 0.310. The molecule has 0 fully saturated rings. The van der Waals surface area contributed by atoms with Crippen molar-refractivity contribution in [3.63, 3.8) is 0 Å². The Morgan fingerprint density at radius 3 is 3.00 bits per heavy atom. The molecular formula is C8H14N2O2. The summed E-state index contributed by atoms with van der Waals surface area (Å²) in [5.74, 6) is 0. The maximum Gasteiger partial charge on any atom is 0.127 e. The van der Waals surface area contributed by atoms with E-state index in [1.165, 1.54) is 0 Å². The first-order chi connectivity index (χ1) is 5.74. The Morgan fingerprint density at radius 2 is 2.50 bits per heavy atom. The van der Waals surface area contributed by atoms with Gasteiger partial charge in [-0.05, 0) is 19.8 Å². The highest BCUT2D eigenvalue weighted by atomic mass is 16.5. The average Bonchev–Trinajstić information content (AvgIpc) is 2.47. The summed E-state index contributed by atoms with van der Waals surface area (Å²) in [6.07, 6.45) is 2.63. The number of hydrogen-bond donors (Lipinski definition) is 2. The lowest BCUT2D eigenvalue weighted by atomic mass is 10.1. The van der Waals surface area contributed by atoms with Crippen molar-refractivity contribution in [1.29, 1.82) is 0 Å². The minimum atomic E-state index is -0.417. The van der Waals surface area contributed by atoms with Crippen LogP contribution in [0.2, 0.25) is 0 Å². The van der Waals surface area contributed by atoms with Crippen LogP contribution in [-0.2, 0) is 6.42 Å². The zero-order valence-corrected chi connectivity index (χ0v) is 7.16. The van der Waals surface area contributed by atoms with Crippen LogP contribution in [0.1, 0.15) is 17.7 Å². The van der Waals surface area contributed by atoms with Crippen LogP contribution in [0.4, 0.5) is 0 Å². The summed E-state index contributed by atoms with van der Waals surface area (Å²) < 4.78 is 4.75. The standard InChI is InChI=1S/C8H14N2O2/c1-6-7(5-12-10-6)2-3-8(11)4-9/h5,8,11H,2-4,9H2,1H3. The van der Waals surface area contributed by atoms with Crippen molar-refractivity contribution in [3.05, 3.63) is 17.5 Å². The number of nitrogens with two attached hydrogens (primary N) is 1. The molecule has 0 radical (unpaired) electrons. The number of nitrogens with zero attached hydrogens (tertiary/aromatic N) is 1. The van der Waals surface area contributed by atoms with E-state index in [1.807, 2.05) is 6.92 Å².